The van der Waals surface area contributed by atoms with Crippen molar-refractivity contribution in [2.24, 2.45) is 0 Å². The van der Waals surface area contributed by atoms with Crippen LogP contribution in [-0.2, 0) is 6.18 Å². The maximum absolute atomic E-state index is 13.2. The van der Waals surface area contributed by atoms with E-state index in [1.54, 1.807) is 38.1 Å². The Bertz CT molecular complexity index is 692. The van der Waals surface area contributed by atoms with Gasteiger partial charge in [0.2, 0.25) is 0 Å². The molecule has 23 heavy (non-hydrogen) atoms. The first-order valence-electron chi connectivity index (χ1n) is 6.78. The van der Waals surface area contributed by atoms with Crippen LogP contribution in [0.3, 0.4) is 0 Å². The van der Waals surface area contributed by atoms with E-state index >= 15 is 0 Å². The van der Waals surface area contributed by atoms with Crippen molar-refractivity contribution < 1.29 is 17.9 Å². The van der Waals surface area contributed by atoms with E-state index in [4.69, 9.17) is 4.74 Å². The van der Waals surface area contributed by atoms with E-state index in [9.17, 15) is 13.2 Å². The van der Waals surface area contributed by atoms with Crippen molar-refractivity contribution in [3.8, 4) is 6.01 Å². The Hall–Kier alpha value is -1.83. The highest BCUT2D eigenvalue weighted by Gasteiger charge is 2.36. The van der Waals surface area contributed by atoms with Crippen molar-refractivity contribution in [1.82, 2.24) is 9.97 Å². The molecule has 0 amide bonds. The van der Waals surface area contributed by atoms with Gasteiger partial charge in [0.1, 0.15) is 5.56 Å². The van der Waals surface area contributed by atoms with Crippen molar-refractivity contribution >= 4 is 27.4 Å². The molecule has 2 rings (SSSR count). The maximum Gasteiger partial charge on any atom is 0.421 e. The molecular formula is C15H15BrF3N3O. The van der Waals surface area contributed by atoms with Gasteiger partial charge in [-0.1, -0.05) is 22.0 Å². The fourth-order valence-electron chi connectivity index (χ4n) is 1.89. The molecule has 4 nitrogen and oxygen atoms in total. The molecule has 0 aliphatic carbocycles. The van der Waals surface area contributed by atoms with E-state index in [0.29, 0.717) is 5.69 Å². The molecular weight excluding hydrogens is 375 g/mol. The Morgan fingerprint density at radius 3 is 2.52 bits per heavy atom. The number of nitrogens with zero attached hydrogens (tertiary/aromatic N) is 3. The van der Waals surface area contributed by atoms with Gasteiger partial charge in [-0.2, -0.15) is 18.2 Å². The van der Waals surface area contributed by atoms with E-state index in [0.717, 1.165) is 10.7 Å². The monoisotopic (exact) mass is 389 g/mol. The van der Waals surface area contributed by atoms with E-state index < -0.39 is 11.7 Å². The quantitative estimate of drug-likeness (QED) is 0.751. The lowest BCUT2D eigenvalue weighted by Gasteiger charge is -2.23. The number of halogens is 4. The van der Waals surface area contributed by atoms with E-state index in [-0.39, 0.29) is 17.9 Å². The lowest BCUT2D eigenvalue weighted by molar-refractivity contribution is -0.137. The first-order chi connectivity index (χ1) is 10.7. The Kier molecular flexibility index (Phi) is 5.13. The van der Waals surface area contributed by atoms with E-state index in [2.05, 4.69) is 25.9 Å². The minimum absolute atomic E-state index is 0.0927. The zero-order chi connectivity index (χ0) is 17.2. The fraction of sp³-hybridized carbons (Fsp3) is 0.333. The highest BCUT2D eigenvalue weighted by molar-refractivity contribution is 9.10. The van der Waals surface area contributed by atoms with Gasteiger partial charge in [0.25, 0.3) is 0 Å². The van der Waals surface area contributed by atoms with Crippen molar-refractivity contribution in [3.63, 3.8) is 0 Å². The molecule has 0 bridgehead atoms. The van der Waals surface area contributed by atoms with E-state index in [1.165, 1.54) is 11.9 Å². The third-order valence-electron chi connectivity index (χ3n) is 2.91. The van der Waals surface area contributed by atoms with Gasteiger partial charge < -0.3 is 9.64 Å². The SMILES string of the molecule is CC(C)Oc1ncc(C(F)(F)F)c(N(C)c2cccc(Br)c2)n1. The summed E-state index contributed by atoms with van der Waals surface area (Å²) in [6.45, 7) is 3.50. The average Bonchev–Trinajstić information content (AvgIpc) is 2.44. The molecule has 0 saturated carbocycles. The zero-order valence-electron chi connectivity index (χ0n) is 12.7. The third kappa shape index (κ3) is 4.34. The predicted octanol–water partition coefficient (Wildman–Crippen LogP) is 4.81. The minimum atomic E-state index is -4.56. The standard InChI is InChI=1S/C15H15BrF3N3O/c1-9(2)23-14-20-8-12(15(17,18)19)13(21-14)22(3)11-6-4-5-10(16)7-11/h4-9H,1-3H3. The largest absolute Gasteiger partial charge is 0.461 e. The van der Waals surface area contributed by atoms with Crippen molar-refractivity contribution in [3.05, 3.63) is 40.5 Å². The number of alkyl halides is 3. The highest BCUT2D eigenvalue weighted by Crippen LogP contribution is 2.38. The van der Waals surface area contributed by atoms with Gasteiger partial charge in [0.05, 0.1) is 6.10 Å². The molecule has 0 unspecified atom stereocenters. The number of benzene rings is 1. The Morgan fingerprint density at radius 2 is 1.96 bits per heavy atom. The molecule has 2 aromatic rings. The summed E-state index contributed by atoms with van der Waals surface area (Å²) in [7, 11) is 1.51. The zero-order valence-corrected chi connectivity index (χ0v) is 14.3. The Balaban J connectivity index is 2.52. The van der Waals surface area contributed by atoms with Crippen LogP contribution in [0.4, 0.5) is 24.7 Å². The lowest BCUT2D eigenvalue weighted by atomic mass is 10.2. The lowest BCUT2D eigenvalue weighted by Crippen LogP contribution is -2.20. The third-order valence-corrected chi connectivity index (χ3v) is 3.40. The van der Waals surface area contributed by atoms with Crippen LogP contribution < -0.4 is 9.64 Å². The molecule has 1 aromatic carbocycles. The van der Waals surface area contributed by atoms with Crippen LogP contribution in [0.25, 0.3) is 0 Å². The molecule has 124 valence electrons. The summed E-state index contributed by atoms with van der Waals surface area (Å²) in [5.74, 6) is -0.263. The van der Waals surface area contributed by atoms with Gasteiger partial charge in [0, 0.05) is 23.4 Å². The van der Waals surface area contributed by atoms with Crippen LogP contribution in [0.5, 0.6) is 6.01 Å². The van der Waals surface area contributed by atoms with Crippen molar-refractivity contribution in [1.29, 1.82) is 0 Å². The summed E-state index contributed by atoms with van der Waals surface area (Å²) in [6, 6.07) is 6.82. The molecule has 0 radical (unpaired) electrons. The van der Waals surface area contributed by atoms with Gasteiger partial charge in [0.15, 0.2) is 5.82 Å². The number of aromatic nitrogens is 2. The first kappa shape index (κ1) is 17.5. The second kappa shape index (κ2) is 6.74. The summed E-state index contributed by atoms with van der Waals surface area (Å²) in [6.07, 6.45) is -4.06. The van der Waals surface area contributed by atoms with Crippen LogP contribution >= 0.6 is 15.9 Å². The van der Waals surface area contributed by atoms with Gasteiger partial charge in [-0.15, -0.1) is 0 Å². The molecule has 0 atom stereocenters. The average molecular weight is 390 g/mol. The fourth-order valence-corrected chi connectivity index (χ4v) is 2.27. The number of rotatable bonds is 4. The highest BCUT2D eigenvalue weighted by atomic mass is 79.9. The van der Waals surface area contributed by atoms with Gasteiger partial charge in [-0.05, 0) is 32.0 Å². The second-order valence-electron chi connectivity index (χ2n) is 5.09. The van der Waals surface area contributed by atoms with Crippen LogP contribution in [0.15, 0.2) is 34.9 Å². The van der Waals surface area contributed by atoms with Crippen LogP contribution in [0, 0.1) is 0 Å². The van der Waals surface area contributed by atoms with Crippen molar-refractivity contribution in [2.45, 2.75) is 26.1 Å². The van der Waals surface area contributed by atoms with E-state index in [1.807, 2.05) is 0 Å². The molecule has 0 aliphatic rings. The number of hydrogen-bond donors (Lipinski definition) is 0. The Labute approximate surface area is 140 Å². The number of hydrogen-bond acceptors (Lipinski definition) is 4. The van der Waals surface area contributed by atoms with Crippen LogP contribution in [-0.4, -0.2) is 23.1 Å². The Morgan fingerprint density at radius 1 is 1.26 bits per heavy atom. The number of ether oxygens (including phenoxy) is 1. The molecule has 8 heteroatoms. The second-order valence-corrected chi connectivity index (χ2v) is 6.01. The molecule has 0 N–H and O–H groups in total. The minimum Gasteiger partial charge on any atom is -0.461 e. The summed E-state index contributed by atoms with van der Waals surface area (Å²) in [4.78, 5) is 8.94. The van der Waals surface area contributed by atoms with Gasteiger partial charge in [-0.3, -0.25) is 0 Å². The topological polar surface area (TPSA) is 38.2 Å². The maximum atomic E-state index is 13.2. The molecule has 0 fully saturated rings. The summed E-state index contributed by atoms with van der Waals surface area (Å²) < 4.78 is 45.8. The van der Waals surface area contributed by atoms with Crippen LogP contribution in [0.1, 0.15) is 19.4 Å². The smallest absolute Gasteiger partial charge is 0.421 e. The molecule has 1 aromatic heterocycles. The molecule has 0 saturated heterocycles. The summed E-state index contributed by atoms with van der Waals surface area (Å²) in [5.41, 5.74) is -0.366. The van der Waals surface area contributed by atoms with Gasteiger partial charge in [-0.25, -0.2) is 4.98 Å². The predicted molar refractivity (Wildman–Crippen MR) is 85.0 cm³/mol. The first-order valence-corrected chi connectivity index (χ1v) is 7.58. The van der Waals surface area contributed by atoms with Crippen LogP contribution in [0.2, 0.25) is 0 Å². The summed E-state index contributed by atoms with van der Waals surface area (Å²) in [5, 5.41) is 0. The van der Waals surface area contributed by atoms with Crippen molar-refractivity contribution in [2.75, 3.05) is 11.9 Å². The molecule has 1 heterocycles. The molecule has 0 aliphatic heterocycles. The van der Waals surface area contributed by atoms with Gasteiger partial charge >= 0.3 is 12.2 Å². The number of anilines is 2. The molecule has 0 spiro atoms. The summed E-state index contributed by atoms with van der Waals surface area (Å²) >= 11 is 3.30. The normalized spacial score (nSPS) is 11.7.